The molecule has 2 rings (SSSR count). The molecular formula is C16H14N2O7. The van der Waals surface area contributed by atoms with E-state index in [1.807, 2.05) is 0 Å². The van der Waals surface area contributed by atoms with Crippen molar-refractivity contribution in [3.05, 3.63) is 57.6 Å². The lowest BCUT2D eigenvalue weighted by atomic mass is 10.1. The highest BCUT2D eigenvalue weighted by Gasteiger charge is 2.21. The van der Waals surface area contributed by atoms with E-state index in [0.717, 1.165) is 6.07 Å². The van der Waals surface area contributed by atoms with Gasteiger partial charge in [0.1, 0.15) is 0 Å². The number of nitrogens with one attached hydrogen (secondary N) is 1. The molecule has 0 aliphatic heterocycles. The predicted octanol–water partition coefficient (Wildman–Crippen LogP) is 1.81. The van der Waals surface area contributed by atoms with E-state index in [-0.39, 0.29) is 18.4 Å². The van der Waals surface area contributed by atoms with Gasteiger partial charge in [-0.3, -0.25) is 19.7 Å². The first-order valence-electron chi connectivity index (χ1n) is 7.06. The average Bonchev–Trinajstić information content (AvgIpc) is 2.51. The summed E-state index contributed by atoms with van der Waals surface area (Å²) in [5.74, 6) is -3.19. The number of anilines is 1. The fourth-order valence-corrected chi connectivity index (χ4v) is 2.21. The van der Waals surface area contributed by atoms with Crippen LogP contribution in [0.15, 0.2) is 36.4 Å². The van der Waals surface area contributed by atoms with Crippen molar-refractivity contribution in [3.63, 3.8) is 0 Å². The number of nitro benzene ring substituents is 1. The molecule has 2 aromatic rings. The van der Waals surface area contributed by atoms with Gasteiger partial charge in [0.2, 0.25) is 11.7 Å². The van der Waals surface area contributed by atoms with Crippen LogP contribution in [-0.4, -0.2) is 32.1 Å². The van der Waals surface area contributed by atoms with Crippen LogP contribution in [0.1, 0.15) is 11.1 Å². The Balaban J connectivity index is 2.12. The Kier molecular flexibility index (Phi) is 5.18. The number of phenolic OH excluding ortho intramolecular Hbond substituents is 2. The lowest BCUT2D eigenvalue weighted by molar-refractivity contribution is -0.386. The molecule has 130 valence electrons. The summed E-state index contributed by atoms with van der Waals surface area (Å²) in [6.07, 6.45) is -0.527. The topological polar surface area (TPSA) is 150 Å². The molecule has 9 heteroatoms. The molecule has 0 radical (unpaired) electrons. The van der Waals surface area contributed by atoms with Gasteiger partial charge in [-0.1, -0.05) is 12.1 Å². The first-order chi connectivity index (χ1) is 11.8. The molecule has 1 amide bonds. The molecule has 0 aromatic heterocycles. The summed E-state index contributed by atoms with van der Waals surface area (Å²) >= 11 is 0. The maximum Gasteiger partial charge on any atom is 0.314 e. The van der Waals surface area contributed by atoms with Crippen molar-refractivity contribution in [2.45, 2.75) is 12.8 Å². The van der Waals surface area contributed by atoms with E-state index >= 15 is 0 Å². The van der Waals surface area contributed by atoms with Crippen LogP contribution in [-0.2, 0) is 22.4 Å². The second-order valence-electron chi connectivity index (χ2n) is 5.19. The van der Waals surface area contributed by atoms with Gasteiger partial charge in [-0.15, -0.1) is 0 Å². The van der Waals surface area contributed by atoms with Crippen LogP contribution < -0.4 is 5.32 Å². The van der Waals surface area contributed by atoms with Gasteiger partial charge < -0.3 is 20.6 Å². The van der Waals surface area contributed by atoms with Crippen molar-refractivity contribution in [2.24, 2.45) is 0 Å². The number of carbonyl (C=O) groups excluding carboxylic acids is 1. The highest BCUT2D eigenvalue weighted by molar-refractivity contribution is 5.93. The minimum Gasteiger partial charge on any atom is -0.504 e. The molecule has 0 fully saturated rings. The number of hydrogen-bond acceptors (Lipinski definition) is 6. The molecule has 4 N–H and O–H groups in total. The highest BCUT2D eigenvalue weighted by atomic mass is 16.6. The van der Waals surface area contributed by atoms with Crippen molar-refractivity contribution in [3.8, 4) is 11.5 Å². The number of hydrogen-bond donors (Lipinski definition) is 4. The van der Waals surface area contributed by atoms with Crippen molar-refractivity contribution in [1.29, 1.82) is 0 Å². The van der Waals surface area contributed by atoms with Gasteiger partial charge in [0.15, 0.2) is 5.75 Å². The number of aliphatic carboxylic acids is 1. The van der Waals surface area contributed by atoms with Crippen LogP contribution in [0, 0.1) is 10.1 Å². The Labute approximate surface area is 141 Å². The van der Waals surface area contributed by atoms with Gasteiger partial charge in [0, 0.05) is 17.3 Å². The summed E-state index contributed by atoms with van der Waals surface area (Å²) in [6.45, 7) is 0. The smallest absolute Gasteiger partial charge is 0.314 e. The van der Waals surface area contributed by atoms with E-state index in [1.54, 1.807) is 18.2 Å². The quantitative estimate of drug-likeness (QED) is 0.354. The average molecular weight is 346 g/mol. The highest BCUT2D eigenvalue weighted by Crippen LogP contribution is 2.37. The van der Waals surface area contributed by atoms with Crippen molar-refractivity contribution >= 4 is 23.3 Å². The fraction of sp³-hybridized carbons (Fsp3) is 0.125. The zero-order valence-corrected chi connectivity index (χ0v) is 12.8. The Bertz CT molecular complexity index is 848. The number of rotatable bonds is 6. The van der Waals surface area contributed by atoms with Gasteiger partial charge in [0.05, 0.1) is 17.8 Å². The van der Waals surface area contributed by atoms with E-state index in [2.05, 4.69) is 5.32 Å². The molecule has 0 saturated heterocycles. The third-order valence-corrected chi connectivity index (χ3v) is 3.33. The van der Waals surface area contributed by atoms with Crippen LogP contribution >= 0.6 is 0 Å². The summed E-state index contributed by atoms with van der Waals surface area (Å²) in [4.78, 5) is 32.6. The van der Waals surface area contributed by atoms with E-state index < -0.39 is 34.0 Å². The van der Waals surface area contributed by atoms with Gasteiger partial charge in [0.25, 0.3) is 0 Å². The van der Waals surface area contributed by atoms with Gasteiger partial charge in [-0.2, -0.15) is 0 Å². The van der Waals surface area contributed by atoms with Crippen molar-refractivity contribution in [1.82, 2.24) is 0 Å². The molecule has 0 unspecified atom stereocenters. The molecule has 0 atom stereocenters. The number of phenols is 2. The SMILES string of the molecule is O=C(O)Cc1cccc(NC(=O)Cc2ccc([N+](=O)[O-])c(O)c2O)c1. The molecule has 0 saturated carbocycles. The Morgan fingerprint density at radius 3 is 2.44 bits per heavy atom. The maximum atomic E-state index is 12.0. The molecule has 0 heterocycles. The second-order valence-corrected chi connectivity index (χ2v) is 5.19. The molecule has 9 nitrogen and oxygen atoms in total. The molecule has 0 aliphatic rings. The molecule has 0 aliphatic carbocycles. The number of nitro groups is 1. The molecule has 2 aromatic carbocycles. The minimum absolute atomic E-state index is 0.0160. The van der Waals surface area contributed by atoms with Crippen LogP contribution in [0.3, 0.4) is 0 Å². The number of carbonyl (C=O) groups is 2. The monoisotopic (exact) mass is 346 g/mol. The number of carboxylic acids is 1. The third kappa shape index (κ3) is 4.44. The summed E-state index contributed by atoms with van der Waals surface area (Å²) in [5.41, 5.74) is 0.223. The molecular weight excluding hydrogens is 332 g/mol. The van der Waals surface area contributed by atoms with E-state index in [0.29, 0.717) is 11.3 Å². The normalized spacial score (nSPS) is 10.2. The lowest BCUT2D eigenvalue weighted by Gasteiger charge is -2.09. The molecule has 0 bridgehead atoms. The number of aromatic hydroxyl groups is 2. The van der Waals surface area contributed by atoms with E-state index in [1.165, 1.54) is 12.1 Å². The third-order valence-electron chi connectivity index (χ3n) is 3.33. The number of carboxylic acid groups (broad SMARTS) is 1. The van der Waals surface area contributed by atoms with E-state index in [4.69, 9.17) is 5.11 Å². The minimum atomic E-state index is -1.00. The van der Waals surface area contributed by atoms with Gasteiger partial charge >= 0.3 is 11.7 Å². The van der Waals surface area contributed by atoms with E-state index in [9.17, 15) is 29.9 Å². The summed E-state index contributed by atoms with van der Waals surface area (Å²) in [6, 6.07) is 8.42. The predicted molar refractivity (Wildman–Crippen MR) is 86.5 cm³/mol. The van der Waals surface area contributed by atoms with Gasteiger partial charge in [-0.05, 0) is 23.8 Å². The Morgan fingerprint density at radius 1 is 1.08 bits per heavy atom. The first kappa shape index (κ1) is 17.7. The van der Waals surface area contributed by atoms with Crippen LogP contribution in [0.5, 0.6) is 11.5 Å². The molecule has 25 heavy (non-hydrogen) atoms. The summed E-state index contributed by atoms with van der Waals surface area (Å²) in [7, 11) is 0. The zero-order chi connectivity index (χ0) is 18.6. The lowest BCUT2D eigenvalue weighted by Crippen LogP contribution is -2.15. The second kappa shape index (κ2) is 7.30. The van der Waals surface area contributed by atoms with Gasteiger partial charge in [-0.25, -0.2) is 0 Å². The number of benzene rings is 2. The van der Waals surface area contributed by atoms with Crippen molar-refractivity contribution < 1.29 is 29.8 Å². The zero-order valence-electron chi connectivity index (χ0n) is 12.8. The summed E-state index contributed by atoms with van der Waals surface area (Å²) < 4.78 is 0. The Morgan fingerprint density at radius 2 is 1.80 bits per heavy atom. The van der Waals surface area contributed by atoms with Crippen LogP contribution in [0.25, 0.3) is 0 Å². The van der Waals surface area contributed by atoms with Crippen LogP contribution in [0.2, 0.25) is 0 Å². The maximum absolute atomic E-state index is 12.0. The van der Waals surface area contributed by atoms with Crippen LogP contribution in [0.4, 0.5) is 11.4 Å². The largest absolute Gasteiger partial charge is 0.504 e. The standard InChI is InChI=1S/C16H14N2O7/c19-13(17-11-3-1-2-9(6-11)7-14(20)21)8-10-4-5-12(18(24)25)16(23)15(10)22/h1-6,22-23H,7-8H2,(H,17,19)(H,20,21). The summed E-state index contributed by atoms with van der Waals surface area (Å²) in [5, 5.41) is 41.3. The van der Waals surface area contributed by atoms with Crippen molar-refractivity contribution in [2.75, 3.05) is 5.32 Å². The fourth-order valence-electron chi connectivity index (χ4n) is 2.21. The Hall–Kier alpha value is -3.62. The number of amides is 1. The number of nitrogens with zero attached hydrogens (tertiary/aromatic N) is 1. The first-order valence-corrected chi connectivity index (χ1v) is 7.06. The molecule has 0 spiro atoms.